The summed E-state index contributed by atoms with van der Waals surface area (Å²) in [5.41, 5.74) is 8.55. The van der Waals surface area contributed by atoms with Crippen LogP contribution in [0.3, 0.4) is 0 Å². The Balaban J connectivity index is 1.71. The van der Waals surface area contributed by atoms with E-state index >= 15 is 0 Å². The first-order valence-electron chi connectivity index (χ1n) is 6.10. The van der Waals surface area contributed by atoms with Gasteiger partial charge in [0.25, 0.3) is 0 Å². The smallest absolute Gasteiger partial charge is 0.166 e. The van der Waals surface area contributed by atoms with Crippen LogP contribution in [-0.4, -0.2) is 9.97 Å². The van der Waals surface area contributed by atoms with E-state index in [2.05, 4.69) is 22.1 Å². The van der Waals surface area contributed by atoms with Crippen molar-refractivity contribution in [2.45, 2.75) is 25.5 Å². The maximum Gasteiger partial charge on any atom is 0.166 e. The minimum absolute atomic E-state index is 0.187. The summed E-state index contributed by atoms with van der Waals surface area (Å²) in [6.45, 7) is 0.395. The highest BCUT2D eigenvalue weighted by molar-refractivity contribution is 5.40. The average Bonchev–Trinajstić information content (AvgIpc) is 2.79. The molecule has 4 nitrogen and oxygen atoms in total. The van der Waals surface area contributed by atoms with Gasteiger partial charge in [0.15, 0.2) is 5.82 Å². The zero-order valence-electron chi connectivity index (χ0n) is 10.0. The molecule has 0 saturated heterocycles. The Labute approximate surface area is 106 Å². The van der Waals surface area contributed by atoms with Crippen LogP contribution in [0.4, 0.5) is 0 Å². The third-order valence-electron chi connectivity index (χ3n) is 3.23. The first kappa shape index (κ1) is 11.2. The van der Waals surface area contributed by atoms with Crippen LogP contribution in [-0.2, 0) is 13.0 Å². The summed E-state index contributed by atoms with van der Waals surface area (Å²) in [6.07, 6.45) is 5.50. The van der Waals surface area contributed by atoms with Gasteiger partial charge in [-0.3, -0.25) is 0 Å². The fraction of sp³-hybridized carbons (Fsp3) is 0.286. The Morgan fingerprint density at radius 3 is 2.94 bits per heavy atom. The van der Waals surface area contributed by atoms with Crippen LogP contribution in [0.5, 0.6) is 5.75 Å². The normalized spacial score (nSPS) is 17.5. The number of hydrogen-bond donors (Lipinski definition) is 1. The van der Waals surface area contributed by atoms with E-state index in [-0.39, 0.29) is 6.04 Å². The molecule has 1 aromatic heterocycles. The molecule has 0 bridgehead atoms. The van der Waals surface area contributed by atoms with Gasteiger partial charge in [0.2, 0.25) is 0 Å². The number of hydrogen-bond acceptors (Lipinski definition) is 4. The Bertz CT molecular complexity index is 542. The van der Waals surface area contributed by atoms with E-state index in [1.807, 2.05) is 6.07 Å². The van der Waals surface area contributed by atoms with Crippen LogP contribution in [0.2, 0.25) is 0 Å². The summed E-state index contributed by atoms with van der Waals surface area (Å²) in [5, 5.41) is 0. The van der Waals surface area contributed by atoms with Gasteiger partial charge in [-0.05, 0) is 42.2 Å². The van der Waals surface area contributed by atoms with Gasteiger partial charge in [0.05, 0.1) is 0 Å². The largest absolute Gasteiger partial charge is 0.486 e. The number of benzene rings is 1. The van der Waals surface area contributed by atoms with Crippen LogP contribution in [0.25, 0.3) is 0 Å². The minimum Gasteiger partial charge on any atom is -0.486 e. The van der Waals surface area contributed by atoms with Crippen molar-refractivity contribution in [3.63, 3.8) is 0 Å². The fourth-order valence-corrected chi connectivity index (χ4v) is 2.27. The quantitative estimate of drug-likeness (QED) is 0.892. The zero-order valence-corrected chi connectivity index (χ0v) is 10.0. The van der Waals surface area contributed by atoms with Gasteiger partial charge >= 0.3 is 0 Å². The van der Waals surface area contributed by atoms with E-state index < -0.39 is 0 Å². The maximum absolute atomic E-state index is 6.00. The second-order valence-corrected chi connectivity index (χ2v) is 4.46. The van der Waals surface area contributed by atoms with Crippen LogP contribution in [0.15, 0.2) is 36.7 Å². The van der Waals surface area contributed by atoms with E-state index in [1.165, 1.54) is 11.1 Å². The summed E-state index contributed by atoms with van der Waals surface area (Å²) in [4.78, 5) is 8.24. The molecule has 0 unspecified atom stereocenters. The Hall–Kier alpha value is -1.94. The zero-order chi connectivity index (χ0) is 12.4. The third kappa shape index (κ3) is 2.19. The van der Waals surface area contributed by atoms with E-state index in [9.17, 15) is 0 Å². The number of ether oxygens (including phenoxy) is 1. The molecule has 18 heavy (non-hydrogen) atoms. The van der Waals surface area contributed by atoms with Crippen molar-refractivity contribution >= 4 is 0 Å². The monoisotopic (exact) mass is 241 g/mol. The second-order valence-electron chi connectivity index (χ2n) is 4.46. The minimum atomic E-state index is 0.187. The predicted molar refractivity (Wildman–Crippen MR) is 68.1 cm³/mol. The molecule has 1 aliphatic carbocycles. The van der Waals surface area contributed by atoms with Crippen molar-refractivity contribution in [2.24, 2.45) is 5.73 Å². The number of nitrogens with zero attached hydrogens (tertiary/aromatic N) is 2. The van der Waals surface area contributed by atoms with Crippen molar-refractivity contribution in [1.29, 1.82) is 0 Å². The molecule has 0 radical (unpaired) electrons. The van der Waals surface area contributed by atoms with E-state index in [0.717, 1.165) is 18.6 Å². The first-order chi connectivity index (χ1) is 8.83. The van der Waals surface area contributed by atoms with Crippen LogP contribution in [0, 0.1) is 0 Å². The van der Waals surface area contributed by atoms with Gasteiger partial charge in [-0.1, -0.05) is 6.07 Å². The lowest BCUT2D eigenvalue weighted by Gasteiger charge is -2.08. The van der Waals surface area contributed by atoms with Crippen molar-refractivity contribution < 1.29 is 4.74 Å². The van der Waals surface area contributed by atoms with E-state index in [0.29, 0.717) is 12.4 Å². The summed E-state index contributed by atoms with van der Waals surface area (Å²) in [7, 11) is 0. The summed E-state index contributed by atoms with van der Waals surface area (Å²) in [6, 6.07) is 8.08. The molecule has 4 heteroatoms. The standard InChI is InChI=1S/C14H15N3O/c15-13-5-2-10-8-11(3-4-12(10)13)18-9-14-16-6-1-7-17-14/h1,3-4,6-8,13H,2,5,9,15H2/t13-/m0/s1. The third-order valence-corrected chi connectivity index (χ3v) is 3.23. The fourth-order valence-electron chi connectivity index (χ4n) is 2.27. The highest BCUT2D eigenvalue weighted by Crippen LogP contribution is 2.31. The molecule has 0 fully saturated rings. The second kappa shape index (κ2) is 4.74. The lowest BCUT2D eigenvalue weighted by Crippen LogP contribution is -2.05. The molecule has 0 saturated carbocycles. The van der Waals surface area contributed by atoms with Gasteiger partial charge in [-0.15, -0.1) is 0 Å². The van der Waals surface area contributed by atoms with Gasteiger partial charge in [0.1, 0.15) is 12.4 Å². The number of aromatic nitrogens is 2. The van der Waals surface area contributed by atoms with Gasteiger partial charge in [-0.2, -0.15) is 0 Å². The number of rotatable bonds is 3. The van der Waals surface area contributed by atoms with Gasteiger partial charge < -0.3 is 10.5 Å². The molecule has 2 aromatic rings. The topological polar surface area (TPSA) is 61.0 Å². The summed E-state index contributed by atoms with van der Waals surface area (Å²) >= 11 is 0. The molecule has 2 N–H and O–H groups in total. The van der Waals surface area contributed by atoms with Gasteiger partial charge in [0, 0.05) is 18.4 Å². The Morgan fingerprint density at radius 2 is 2.11 bits per heavy atom. The SMILES string of the molecule is N[C@H]1CCc2cc(OCc3ncccn3)ccc21. The molecule has 1 heterocycles. The average molecular weight is 241 g/mol. The molecule has 0 aliphatic heterocycles. The highest BCUT2D eigenvalue weighted by atomic mass is 16.5. The van der Waals surface area contributed by atoms with E-state index in [1.54, 1.807) is 18.5 Å². The Morgan fingerprint density at radius 1 is 1.28 bits per heavy atom. The van der Waals surface area contributed by atoms with Crippen LogP contribution < -0.4 is 10.5 Å². The number of aryl methyl sites for hydroxylation is 1. The highest BCUT2D eigenvalue weighted by Gasteiger charge is 2.19. The summed E-state index contributed by atoms with van der Waals surface area (Å²) in [5.74, 6) is 1.55. The molecular weight excluding hydrogens is 226 g/mol. The Kier molecular flexibility index (Phi) is 2.94. The molecular formula is C14H15N3O. The van der Waals surface area contributed by atoms with Crippen LogP contribution >= 0.6 is 0 Å². The first-order valence-corrected chi connectivity index (χ1v) is 6.10. The molecule has 1 atom stereocenters. The molecule has 1 aliphatic rings. The lowest BCUT2D eigenvalue weighted by atomic mass is 10.1. The molecule has 92 valence electrons. The maximum atomic E-state index is 6.00. The van der Waals surface area contributed by atoms with Gasteiger partial charge in [-0.25, -0.2) is 9.97 Å². The number of fused-ring (bicyclic) bond motifs is 1. The van der Waals surface area contributed by atoms with Crippen molar-refractivity contribution in [3.8, 4) is 5.75 Å². The summed E-state index contributed by atoms with van der Waals surface area (Å²) < 4.78 is 5.69. The molecule has 3 rings (SSSR count). The van der Waals surface area contributed by atoms with Crippen molar-refractivity contribution in [3.05, 3.63) is 53.6 Å². The molecule has 0 spiro atoms. The lowest BCUT2D eigenvalue weighted by molar-refractivity contribution is 0.295. The molecule has 0 amide bonds. The van der Waals surface area contributed by atoms with Crippen LogP contribution in [0.1, 0.15) is 29.4 Å². The van der Waals surface area contributed by atoms with Crippen molar-refractivity contribution in [2.75, 3.05) is 0 Å². The molecule has 1 aromatic carbocycles. The number of nitrogens with two attached hydrogens (primary N) is 1. The van der Waals surface area contributed by atoms with E-state index in [4.69, 9.17) is 10.5 Å². The van der Waals surface area contributed by atoms with Crippen molar-refractivity contribution in [1.82, 2.24) is 9.97 Å². The predicted octanol–water partition coefficient (Wildman–Crippen LogP) is 2.00.